The summed E-state index contributed by atoms with van der Waals surface area (Å²) < 4.78 is 0. The summed E-state index contributed by atoms with van der Waals surface area (Å²) in [5.74, 6) is -3.43. The van der Waals surface area contributed by atoms with Crippen LogP contribution in [0.15, 0.2) is 42.7 Å². The second-order valence-corrected chi connectivity index (χ2v) is 11.9. The summed E-state index contributed by atoms with van der Waals surface area (Å²) in [7, 11) is 0. The van der Waals surface area contributed by atoms with E-state index < -0.39 is 65.8 Å². The molecule has 0 radical (unpaired) electrons. The highest BCUT2D eigenvalue weighted by Crippen LogP contribution is 2.20. The van der Waals surface area contributed by atoms with E-state index in [-0.39, 0.29) is 37.3 Å². The van der Waals surface area contributed by atoms with Crippen molar-refractivity contribution in [3.05, 3.63) is 53.9 Å². The number of nitrogens with one attached hydrogen (secondary N) is 6. The number of benzene rings is 1. The molecule has 6 amide bonds. The number of aliphatic hydroxyl groups excluding tert-OH is 1. The van der Waals surface area contributed by atoms with Gasteiger partial charge in [0.1, 0.15) is 30.2 Å². The van der Waals surface area contributed by atoms with Crippen LogP contribution in [0.25, 0.3) is 0 Å². The lowest BCUT2D eigenvalue weighted by molar-refractivity contribution is -0.142. The van der Waals surface area contributed by atoms with Gasteiger partial charge in [0, 0.05) is 25.7 Å². The summed E-state index contributed by atoms with van der Waals surface area (Å²) in [5.41, 5.74) is 0.989. The molecular formula is C32H44N8O7. The smallest absolute Gasteiger partial charge is 0.255 e. The monoisotopic (exact) mass is 652 g/mol. The van der Waals surface area contributed by atoms with Crippen molar-refractivity contribution in [2.45, 2.75) is 95.1 Å². The first-order valence-corrected chi connectivity index (χ1v) is 16.1. The summed E-state index contributed by atoms with van der Waals surface area (Å²) in [6, 6.07) is 3.68. The Morgan fingerprint density at radius 1 is 0.957 bits per heavy atom. The lowest BCUT2D eigenvalue weighted by Gasteiger charge is -2.30. The van der Waals surface area contributed by atoms with Gasteiger partial charge >= 0.3 is 0 Å². The molecule has 2 aliphatic rings. The van der Waals surface area contributed by atoms with E-state index in [1.807, 2.05) is 30.3 Å². The molecule has 0 spiro atoms. The average molecular weight is 653 g/mol. The topological polar surface area (TPSA) is 215 Å². The zero-order chi connectivity index (χ0) is 33.9. The molecular weight excluding hydrogens is 608 g/mol. The molecule has 2 aliphatic heterocycles. The maximum atomic E-state index is 13.9. The van der Waals surface area contributed by atoms with E-state index >= 15 is 0 Å². The second kappa shape index (κ2) is 16.7. The quantitative estimate of drug-likeness (QED) is 0.211. The number of fused-ring (bicyclic) bond motifs is 1. The first-order chi connectivity index (χ1) is 22.6. The van der Waals surface area contributed by atoms with Crippen LogP contribution in [0.5, 0.6) is 0 Å². The number of carbonyl (C=O) groups is 6. The molecule has 2 saturated heterocycles. The Kier molecular flexibility index (Phi) is 12.4. The van der Waals surface area contributed by atoms with Crippen LogP contribution < -0.4 is 26.6 Å². The Morgan fingerprint density at radius 2 is 1.70 bits per heavy atom. The van der Waals surface area contributed by atoms with E-state index in [2.05, 4.69) is 36.8 Å². The molecule has 15 nitrogen and oxygen atoms in total. The molecule has 254 valence electrons. The molecule has 0 bridgehead atoms. The van der Waals surface area contributed by atoms with Crippen LogP contribution in [0.3, 0.4) is 0 Å². The average Bonchev–Trinajstić information content (AvgIpc) is 3.78. The third-order valence-electron chi connectivity index (χ3n) is 8.44. The third-order valence-corrected chi connectivity index (χ3v) is 8.44. The molecule has 1 aromatic carbocycles. The molecule has 3 heterocycles. The Hall–Kier alpha value is -4.79. The largest absolute Gasteiger partial charge is 0.391 e. The van der Waals surface area contributed by atoms with E-state index in [1.165, 1.54) is 24.2 Å². The van der Waals surface area contributed by atoms with Crippen LogP contribution in [0.4, 0.5) is 0 Å². The predicted molar refractivity (Wildman–Crippen MR) is 169 cm³/mol. The molecule has 4 rings (SSSR count). The van der Waals surface area contributed by atoms with Gasteiger partial charge in [-0.2, -0.15) is 5.10 Å². The van der Waals surface area contributed by atoms with Gasteiger partial charge in [-0.1, -0.05) is 37.3 Å². The Bertz CT molecular complexity index is 1400. The normalized spacial score (nSPS) is 26.0. The minimum atomic E-state index is -1.46. The fraction of sp³-hybridized carbons (Fsp3) is 0.531. The van der Waals surface area contributed by atoms with Gasteiger partial charge in [0.25, 0.3) is 5.91 Å². The summed E-state index contributed by atoms with van der Waals surface area (Å²) in [6.45, 7) is 3.61. The van der Waals surface area contributed by atoms with Gasteiger partial charge in [0.15, 0.2) is 0 Å². The van der Waals surface area contributed by atoms with Crippen molar-refractivity contribution in [1.82, 2.24) is 41.7 Å². The van der Waals surface area contributed by atoms with E-state index in [9.17, 15) is 33.9 Å². The third kappa shape index (κ3) is 9.37. The molecule has 15 heteroatoms. The summed E-state index contributed by atoms with van der Waals surface area (Å²) in [5, 5.41) is 30.3. The highest BCUT2D eigenvalue weighted by molar-refractivity contribution is 5.99. The molecule has 2 fully saturated rings. The van der Waals surface area contributed by atoms with Gasteiger partial charge in [-0.25, -0.2) is 0 Å². The number of H-pyrrole nitrogens is 1. The first-order valence-electron chi connectivity index (χ1n) is 16.1. The van der Waals surface area contributed by atoms with Crippen LogP contribution in [-0.2, 0) is 30.4 Å². The van der Waals surface area contributed by atoms with Gasteiger partial charge in [0.05, 0.1) is 17.9 Å². The van der Waals surface area contributed by atoms with Crippen LogP contribution in [0.2, 0.25) is 0 Å². The van der Waals surface area contributed by atoms with Crippen molar-refractivity contribution in [2.75, 3.05) is 13.1 Å². The maximum Gasteiger partial charge on any atom is 0.255 e. The Balaban J connectivity index is 1.61. The molecule has 0 unspecified atom stereocenters. The highest BCUT2D eigenvalue weighted by atomic mass is 16.3. The number of aromatic nitrogens is 2. The molecule has 47 heavy (non-hydrogen) atoms. The summed E-state index contributed by atoms with van der Waals surface area (Å²) in [6.07, 6.45) is 3.81. The van der Waals surface area contributed by atoms with Crippen LogP contribution in [0, 0.1) is 0 Å². The first kappa shape index (κ1) is 35.1. The number of hydrogen-bond acceptors (Lipinski definition) is 8. The minimum absolute atomic E-state index is 0.121. The molecule has 7 N–H and O–H groups in total. The van der Waals surface area contributed by atoms with E-state index in [4.69, 9.17) is 0 Å². The number of rotatable bonds is 6. The standard InChI is InChI=1S/C32H44N8O7/c1-3-22-28(43)39-26(19(2)41)31(46)38-24(16-20-10-5-4-6-11-20)32(47)40-15-9-13-25(40)30(45)33-14-8-7-12-23(29(44)36-22)37-27(42)21-17-34-35-18-21/h4-6,10-11,17-19,22-26,41H,3,7-9,12-16H2,1-2H3,(H,33,45)(H,34,35)(H,36,44)(H,37,42)(H,38,46)(H,39,43)/t19-,22+,23+,24-,25+,26+/m1/s1. The van der Waals surface area contributed by atoms with Crippen molar-refractivity contribution in [2.24, 2.45) is 0 Å². The molecule has 0 saturated carbocycles. The Labute approximate surface area is 273 Å². The fourth-order valence-electron chi connectivity index (χ4n) is 5.79. The van der Waals surface area contributed by atoms with E-state index in [0.29, 0.717) is 32.2 Å². The fourth-order valence-corrected chi connectivity index (χ4v) is 5.79. The molecule has 6 atom stereocenters. The Morgan fingerprint density at radius 3 is 2.38 bits per heavy atom. The highest BCUT2D eigenvalue weighted by Gasteiger charge is 2.39. The minimum Gasteiger partial charge on any atom is -0.391 e. The second-order valence-electron chi connectivity index (χ2n) is 11.9. The SMILES string of the molecule is CC[C@@H]1NC(=O)[C@@H](NC(=O)c2cn[nH]c2)CCCCNC(=O)[C@@H]2CCCN2C(=O)[C@@H](Cc2ccccc2)NC(=O)[C@H]([C@@H](C)O)NC1=O. The van der Waals surface area contributed by atoms with E-state index in [0.717, 1.165) is 5.56 Å². The van der Waals surface area contributed by atoms with E-state index in [1.54, 1.807) is 6.92 Å². The summed E-state index contributed by atoms with van der Waals surface area (Å²) >= 11 is 0. The van der Waals surface area contributed by atoms with Crippen LogP contribution >= 0.6 is 0 Å². The van der Waals surface area contributed by atoms with Crippen LogP contribution in [0.1, 0.15) is 68.3 Å². The zero-order valence-electron chi connectivity index (χ0n) is 26.7. The molecule has 1 aromatic heterocycles. The molecule has 0 aliphatic carbocycles. The van der Waals surface area contributed by atoms with Gasteiger partial charge < -0.3 is 36.6 Å². The lowest BCUT2D eigenvalue weighted by atomic mass is 10.0. The number of aliphatic hydroxyl groups is 1. The van der Waals surface area contributed by atoms with Gasteiger partial charge in [-0.3, -0.25) is 33.9 Å². The predicted octanol–water partition coefficient (Wildman–Crippen LogP) is -0.713. The molecule has 2 aromatic rings. The summed E-state index contributed by atoms with van der Waals surface area (Å²) in [4.78, 5) is 81.9. The number of aromatic amines is 1. The number of amides is 6. The van der Waals surface area contributed by atoms with Crippen molar-refractivity contribution in [1.29, 1.82) is 0 Å². The number of carbonyl (C=O) groups excluding carboxylic acids is 6. The van der Waals surface area contributed by atoms with Gasteiger partial charge in [-0.15, -0.1) is 0 Å². The van der Waals surface area contributed by atoms with Crippen molar-refractivity contribution >= 4 is 35.4 Å². The lowest BCUT2D eigenvalue weighted by Crippen LogP contribution is -2.61. The maximum absolute atomic E-state index is 13.9. The number of hydrogen-bond donors (Lipinski definition) is 7. The van der Waals surface area contributed by atoms with Crippen molar-refractivity contribution in [3.63, 3.8) is 0 Å². The number of nitrogens with zero attached hydrogens (tertiary/aromatic N) is 2. The van der Waals surface area contributed by atoms with Crippen molar-refractivity contribution in [3.8, 4) is 0 Å². The van der Waals surface area contributed by atoms with Gasteiger partial charge in [0.2, 0.25) is 29.5 Å². The van der Waals surface area contributed by atoms with Crippen LogP contribution in [-0.4, -0.2) is 105 Å². The van der Waals surface area contributed by atoms with Crippen molar-refractivity contribution < 1.29 is 33.9 Å². The van der Waals surface area contributed by atoms with Gasteiger partial charge in [-0.05, 0) is 51.0 Å². The zero-order valence-corrected chi connectivity index (χ0v) is 26.7.